The van der Waals surface area contributed by atoms with Crippen molar-refractivity contribution in [3.05, 3.63) is 64.6 Å². The number of amides is 2. The third kappa shape index (κ3) is 7.33. The molecule has 3 aromatic rings. The molecule has 2 aliphatic rings. The third-order valence-corrected chi connectivity index (χ3v) is 8.05. The monoisotopic (exact) mass is 597 g/mol. The Morgan fingerprint density at radius 2 is 1.73 bits per heavy atom. The van der Waals surface area contributed by atoms with Gasteiger partial charge in [-0.15, -0.1) is 0 Å². The van der Waals surface area contributed by atoms with Gasteiger partial charge in [0.25, 0.3) is 5.91 Å². The van der Waals surface area contributed by atoms with Crippen molar-refractivity contribution in [3.63, 3.8) is 0 Å². The molecule has 2 heterocycles. The Bertz CT molecular complexity index is 1410. The summed E-state index contributed by atoms with van der Waals surface area (Å²) in [7, 11) is 0. The maximum atomic E-state index is 14.0. The van der Waals surface area contributed by atoms with Gasteiger partial charge in [0.05, 0.1) is 47.2 Å². The number of carbonyl (C=O) groups excluding carboxylic acids is 2. The largest absolute Gasteiger partial charge is 0.389 e. The molecule has 0 spiro atoms. The predicted molar refractivity (Wildman–Crippen MR) is 140 cm³/mol. The second-order valence-corrected chi connectivity index (χ2v) is 11.3. The number of nitrogens with zero attached hydrogens (tertiary/aromatic N) is 3. The van der Waals surface area contributed by atoms with Gasteiger partial charge in [-0.1, -0.05) is 23.7 Å². The standard InChI is InChI=1S/C28H29ClF5N5O2/c29-20-4-2-1-3-19(20)26(41)38-25(17-7-10-27(30,31)11-8-17)21-15-39-22(36-21)13-18(14-35-39)24(16-5-6-16)37-23(40)9-12-28(32,33)34/h1-4,13-17,24-25H,5-12H2,(H,37,40)(H,38,41)/t24-,25+/m1/s1. The third-order valence-electron chi connectivity index (χ3n) is 7.72. The van der Waals surface area contributed by atoms with Crippen molar-refractivity contribution in [2.45, 2.75) is 75.5 Å². The zero-order valence-electron chi connectivity index (χ0n) is 21.9. The van der Waals surface area contributed by atoms with Gasteiger partial charge in [-0.2, -0.15) is 18.3 Å². The summed E-state index contributed by atoms with van der Waals surface area (Å²) >= 11 is 6.22. The van der Waals surface area contributed by atoms with E-state index in [9.17, 15) is 31.5 Å². The van der Waals surface area contributed by atoms with Crippen LogP contribution in [0.2, 0.25) is 5.02 Å². The van der Waals surface area contributed by atoms with E-state index in [2.05, 4.69) is 20.7 Å². The highest BCUT2D eigenvalue weighted by Crippen LogP contribution is 2.43. The Hall–Kier alpha value is -3.28. The van der Waals surface area contributed by atoms with E-state index in [1.54, 1.807) is 36.5 Å². The lowest BCUT2D eigenvalue weighted by molar-refractivity contribution is -0.144. The number of hydrogen-bond donors (Lipinski definition) is 2. The van der Waals surface area contributed by atoms with Crippen molar-refractivity contribution in [1.29, 1.82) is 0 Å². The van der Waals surface area contributed by atoms with Gasteiger partial charge in [0.1, 0.15) is 0 Å². The molecule has 5 rings (SSSR count). The number of hydrogen-bond acceptors (Lipinski definition) is 4. The van der Waals surface area contributed by atoms with Gasteiger partial charge < -0.3 is 10.6 Å². The molecule has 13 heteroatoms. The number of fused-ring (bicyclic) bond motifs is 1. The second kappa shape index (κ2) is 11.5. The van der Waals surface area contributed by atoms with Crippen LogP contribution in [0.3, 0.4) is 0 Å². The predicted octanol–water partition coefficient (Wildman–Crippen LogP) is 6.59. The van der Waals surface area contributed by atoms with Gasteiger partial charge >= 0.3 is 6.18 Å². The van der Waals surface area contributed by atoms with E-state index in [1.165, 1.54) is 10.7 Å². The fourth-order valence-corrected chi connectivity index (χ4v) is 5.55. The summed E-state index contributed by atoms with van der Waals surface area (Å²) in [5.41, 5.74) is 1.68. The van der Waals surface area contributed by atoms with Crippen molar-refractivity contribution in [3.8, 4) is 0 Å². The van der Waals surface area contributed by atoms with Crippen LogP contribution in [0.15, 0.2) is 42.7 Å². The van der Waals surface area contributed by atoms with E-state index in [0.717, 1.165) is 12.8 Å². The number of imidazole rings is 1. The smallest absolute Gasteiger partial charge is 0.349 e. The first-order valence-electron chi connectivity index (χ1n) is 13.5. The highest BCUT2D eigenvalue weighted by molar-refractivity contribution is 6.33. The molecular formula is C28H29ClF5N5O2. The van der Waals surface area contributed by atoms with Crippen LogP contribution in [0.25, 0.3) is 5.65 Å². The molecule has 0 unspecified atom stereocenters. The zero-order chi connectivity index (χ0) is 29.4. The molecule has 41 heavy (non-hydrogen) atoms. The number of carbonyl (C=O) groups is 2. The normalized spacial score (nSPS) is 19.1. The van der Waals surface area contributed by atoms with Crippen LogP contribution in [0.4, 0.5) is 22.0 Å². The highest BCUT2D eigenvalue weighted by Gasteiger charge is 2.40. The first-order chi connectivity index (χ1) is 19.4. The van der Waals surface area contributed by atoms with Crippen molar-refractivity contribution in [2.75, 3.05) is 0 Å². The second-order valence-electron chi connectivity index (χ2n) is 10.9. The van der Waals surface area contributed by atoms with Gasteiger partial charge in [0.15, 0.2) is 5.65 Å². The summed E-state index contributed by atoms with van der Waals surface area (Å²) in [5, 5.41) is 10.3. The fraction of sp³-hybridized carbons (Fsp3) is 0.500. The molecular weight excluding hydrogens is 569 g/mol. The number of alkyl halides is 5. The summed E-state index contributed by atoms with van der Waals surface area (Å²) in [6.07, 6.45) is -1.75. The van der Waals surface area contributed by atoms with Crippen LogP contribution in [-0.4, -0.2) is 38.5 Å². The SMILES string of the molecule is O=C(CCC(F)(F)F)N[C@@H](c1cnn2cc([C@@H](NC(=O)c3ccccc3Cl)C3CCC(F)(F)CC3)nc2c1)C1CC1. The van der Waals surface area contributed by atoms with Crippen LogP contribution in [0, 0.1) is 11.8 Å². The van der Waals surface area contributed by atoms with Crippen molar-refractivity contribution in [1.82, 2.24) is 25.2 Å². The quantitative estimate of drug-likeness (QED) is 0.273. The molecule has 0 radical (unpaired) electrons. The Labute approximate surface area is 237 Å². The number of halogens is 6. The molecule has 2 aliphatic carbocycles. The summed E-state index contributed by atoms with van der Waals surface area (Å²) in [4.78, 5) is 30.1. The van der Waals surface area contributed by atoms with Gasteiger partial charge in [0.2, 0.25) is 11.8 Å². The molecule has 2 N–H and O–H groups in total. The van der Waals surface area contributed by atoms with Crippen LogP contribution < -0.4 is 10.6 Å². The van der Waals surface area contributed by atoms with Gasteiger partial charge in [-0.3, -0.25) is 9.59 Å². The molecule has 2 fully saturated rings. The molecule has 0 bridgehead atoms. The number of benzene rings is 1. The summed E-state index contributed by atoms with van der Waals surface area (Å²) in [6, 6.07) is 7.02. The van der Waals surface area contributed by atoms with Gasteiger partial charge in [-0.05, 0) is 61.3 Å². The van der Waals surface area contributed by atoms with E-state index in [0.29, 0.717) is 16.9 Å². The summed E-state index contributed by atoms with van der Waals surface area (Å²) < 4.78 is 67.2. The molecule has 2 atom stereocenters. The Morgan fingerprint density at radius 1 is 1.05 bits per heavy atom. The summed E-state index contributed by atoms with van der Waals surface area (Å²) in [6.45, 7) is 0. The Kier molecular flexibility index (Phi) is 8.22. The molecule has 2 amide bonds. The van der Waals surface area contributed by atoms with Crippen LogP contribution in [-0.2, 0) is 4.79 Å². The van der Waals surface area contributed by atoms with Crippen molar-refractivity contribution >= 4 is 29.1 Å². The van der Waals surface area contributed by atoms with E-state index < -0.39 is 48.8 Å². The number of rotatable bonds is 9. The number of aromatic nitrogens is 3. The lowest BCUT2D eigenvalue weighted by Crippen LogP contribution is -2.37. The molecule has 0 aliphatic heterocycles. The zero-order valence-corrected chi connectivity index (χ0v) is 22.7. The minimum atomic E-state index is -4.43. The lowest BCUT2D eigenvalue weighted by Gasteiger charge is -2.33. The molecule has 2 saturated carbocycles. The average molecular weight is 598 g/mol. The van der Waals surface area contributed by atoms with E-state index >= 15 is 0 Å². The number of nitrogens with one attached hydrogen (secondary N) is 2. The molecule has 1 aromatic carbocycles. The maximum absolute atomic E-state index is 14.0. The van der Waals surface area contributed by atoms with Crippen molar-refractivity contribution < 1.29 is 31.5 Å². The maximum Gasteiger partial charge on any atom is 0.389 e. The topological polar surface area (TPSA) is 88.4 Å². The minimum Gasteiger partial charge on any atom is -0.349 e. The van der Waals surface area contributed by atoms with Gasteiger partial charge in [-0.25, -0.2) is 18.3 Å². The van der Waals surface area contributed by atoms with Crippen LogP contribution >= 0.6 is 11.6 Å². The molecule has 2 aromatic heterocycles. The van der Waals surface area contributed by atoms with Crippen molar-refractivity contribution in [2.24, 2.45) is 11.8 Å². The minimum absolute atomic E-state index is 0.0788. The molecule has 7 nitrogen and oxygen atoms in total. The van der Waals surface area contributed by atoms with Crippen LogP contribution in [0.1, 0.15) is 85.1 Å². The van der Waals surface area contributed by atoms with Crippen LogP contribution in [0.5, 0.6) is 0 Å². The Balaban J connectivity index is 1.40. The van der Waals surface area contributed by atoms with E-state index in [4.69, 9.17) is 11.6 Å². The molecule has 0 saturated heterocycles. The Morgan fingerprint density at radius 3 is 2.39 bits per heavy atom. The average Bonchev–Trinajstić information content (AvgIpc) is 3.67. The van der Waals surface area contributed by atoms with E-state index in [-0.39, 0.29) is 48.1 Å². The lowest BCUT2D eigenvalue weighted by atomic mass is 9.81. The fourth-order valence-electron chi connectivity index (χ4n) is 5.33. The first-order valence-corrected chi connectivity index (χ1v) is 13.9. The highest BCUT2D eigenvalue weighted by atomic mass is 35.5. The molecule has 220 valence electrons. The summed E-state index contributed by atoms with van der Waals surface area (Å²) in [5.74, 6) is -4.14. The van der Waals surface area contributed by atoms with Gasteiger partial charge in [0, 0.05) is 19.3 Å². The first kappa shape index (κ1) is 29.2. The van der Waals surface area contributed by atoms with E-state index in [1.807, 2.05) is 0 Å².